The summed E-state index contributed by atoms with van der Waals surface area (Å²) in [4.78, 5) is 15.5. The van der Waals surface area contributed by atoms with Gasteiger partial charge >= 0.3 is 5.97 Å². The Morgan fingerprint density at radius 1 is 1.15 bits per heavy atom. The second kappa shape index (κ2) is 10.5. The number of aliphatic carboxylic acids is 1. The van der Waals surface area contributed by atoms with E-state index in [1.807, 2.05) is 19.1 Å². The van der Waals surface area contributed by atoms with E-state index in [0.717, 1.165) is 23.4 Å². The Kier molecular flexibility index (Phi) is 7.50. The van der Waals surface area contributed by atoms with Crippen LogP contribution in [0.25, 0.3) is 0 Å². The number of hydrogen-bond acceptors (Lipinski definition) is 7. The molecule has 0 saturated carbocycles. The third-order valence-corrected chi connectivity index (χ3v) is 7.08. The SMILES string of the molecule is COc1cc([C@@H](O)[C@H](Cc2nc(CC(=O)O)cs2)OC2Cc3ccccc3C2)cc(OC)c1C. The van der Waals surface area contributed by atoms with Crippen molar-refractivity contribution >= 4 is 17.3 Å². The van der Waals surface area contributed by atoms with Gasteiger partial charge in [0.05, 0.1) is 43.5 Å². The number of benzene rings is 2. The number of nitrogens with zero attached hydrogens (tertiary/aromatic N) is 1. The van der Waals surface area contributed by atoms with E-state index in [-0.39, 0.29) is 12.5 Å². The molecule has 0 saturated heterocycles. The molecular weight excluding hydrogens is 454 g/mol. The van der Waals surface area contributed by atoms with E-state index in [9.17, 15) is 9.90 Å². The molecule has 1 aromatic heterocycles. The maximum atomic E-state index is 11.4. The lowest BCUT2D eigenvalue weighted by molar-refractivity contribution is -0.136. The van der Waals surface area contributed by atoms with Gasteiger partial charge in [-0.1, -0.05) is 24.3 Å². The molecule has 1 aliphatic carbocycles. The maximum absolute atomic E-state index is 11.4. The first-order chi connectivity index (χ1) is 16.4. The van der Waals surface area contributed by atoms with Crippen molar-refractivity contribution < 1.29 is 29.2 Å². The molecule has 2 aromatic carbocycles. The van der Waals surface area contributed by atoms with Gasteiger partial charge in [0, 0.05) is 17.4 Å². The van der Waals surface area contributed by atoms with Crippen LogP contribution in [0.4, 0.5) is 0 Å². The molecule has 0 unspecified atom stereocenters. The van der Waals surface area contributed by atoms with Crippen LogP contribution in [-0.2, 0) is 35.2 Å². The first-order valence-corrected chi connectivity index (χ1v) is 12.0. The Morgan fingerprint density at radius 2 is 1.76 bits per heavy atom. The molecule has 1 heterocycles. The summed E-state index contributed by atoms with van der Waals surface area (Å²) in [5.41, 5.74) is 4.51. The molecule has 0 fully saturated rings. The van der Waals surface area contributed by atoms with Crippen LogP contribution < -0.4 is 9.47 Å². The number of rotatable bonds is 10. The van der Waals surface area contributed by atoms with Gasteiger partial charge in [0.15, 0.2) is 0 Å². The lowest BCUT2D eigenvalue weighted by atomic mass is 9.99. The molecule has 0 aliphatic heterocycles. The number of carboxylic acid groups (broad SMARTS) is 1. The monoisotopic (exact) mass is 483 g/mol. The minimum absolute atomic E-state index is 0.0651. The third kappa shape index (κ3) is 5.41. The van der Waals surface area contributed by atoms with E-state index in [0.29, 0.717) is 29.2 Å². The van der Waals surface area contributed by atoms with Gasteiger partial charge in [-0.25, -0.2) is 4.98 Å². The molecule has 180 valence electrons. The summed E-state index contributed by atoms with van der Waals surface area (Å²) in [6, 6.07) is 11.9. The van der Waals surface area contributed by atoms with Crippen LogP contribution in [0.1, 0.15) is 39.1 Å². The number of fused-ring (bicyclic) bond motifs is 1. The molecule has 0 spiro atoms. The summed E-state index contributed by atoms with van der Waals surface area (Å²) in [5, 5.41) is 23.0. The Balaban J connectivity index is 1.60. The Hall–Kier alpha value is -2.94. The first-order valence-electron chi connectivity index (χ1n) is 11.2. The molecule has 7 nitrogen and oxygen atoms in total. The fourth-order valence-electron chi connectivity index (χ4n) is 4.44. The van der Waals surface area contributed by atoms with Crippen LogP contribution in [0.3, 0.4) is 0 Å². The van der Waals surface area contributed by atoms with Crippen LogP contribution >= 0.6 is 11.3 Å². The zero-order chi connectivity index (χ0) is 24.2. The molecule has 3 aromatic rings. The fraction of sp³-hybridized carbons (Fsp3) is 0.385. The van der Waals surface area contributed by atoms with Crippen molar-refractivity contribution in [3.8, 4) is 11.5 Å². The minimum Gasteiger partial charge on any atom is -0.496 e. The Bertz CT molecular complexity index is 1110. The van der Waals surface area contributed by atoms with Crippen molar-refractivity contribution in [1.82, 2.24) is 4.98 Å². The second-order valence-electron chi connectivity index (χ2n) is 8.48. The Morgan fingerprint density at radius 3 is 2.32 bits per heavy atom. The topological polar surface area (TPSA) is 98.1 Å². The highest BCUT2D eigenvalue weighted by atomic mass is 32.1. The van der Waals surface area contributed by atoms with Crippen LogP contribution in [-0.4, -0.2) is 47.6 Å². The third-order valence-electron chi connectivity index (χ3n) is 6.16. The van der Waals surface area contributed by atoms with Crippen molar-refractivity contribution in [2.45, 2.75) is 50.9 Å². The number of methoxy groups -OCH3 is 2. The van der Waals surface area contributed by atoms with Gasteiger partial charge in [-0.2, -0.15) is 0 Å². The predicted molar refractivity (Wildman–Crippen MR) is 129 cm³/mol. The molecular formula is C26H29NO6S. The van der Waals surface area contributed by atoms with Gasteiger partial charge < -0.3 is 24.4 Å². The van der Waals surface area contributed by atoms with Crippen LogP contribution in [0, 0.1) is 6.92 Å². The summed E-state index contributed by atoms with van der Waals surface area (Å²) in [7, 11) is 3.17. The van der Waals surface area contributed by atoms with Gasteiger partial charge in [-0.05, 0) is 48.6 Å². The average Bonchev–Trinajstić information content (AvgIpc) is 3.43. The van der Waals surface area contributed by atoms with Gasteiger partial charge in [0.2, 0.25) is 0 Å². The Labute approximate surface area is 203 Å². The van der Waals surface area contributed by atoms with Gasteiger partial charge in [0.25, 0.3) is 0 Å². The van der Waals surface area contributed by atoms with E-state index in [2.05, 4.69) is 17.1 Å². The van der Waals surface area contributed by atoms with E-state index in [1.54, 1.807) is 31.7 Å². The number of thiazole rings is 1. The summed E-state index contributed by atoms with van der Waals surface area (Å²) in [6.45, 7) is 1.90. The highest BCUT2D eigenvalue weighted by molar-refractivity contribution is 7.09. The number of hydrogen-bond donors (Lipinski definition) is 2. The number of ether oxygens (including phenoxy) is 3. The summed E-state index contributed by atoms with van der Waals surface area (Å²) in [6.07, 6.45) is 0.180. The van der Waals surface area contributed by atoms with E-state index in [4.69, 9.17) is 19.3 Å². The summed E-state index contributed by atoms with van der Waals surface area (Å²) >= 11 is 1.38. The summed E-state index contributed by atoms with van der Waals surface area (Å²) < 4.78 is 17.5. The molecule has 2 N–H and O–H groups in total. The zero-order valence-corrected chi connectivity index (χ0v) is 20.3. The van der Waals surface area contributed by atoms with Gasteiger partial charge in [-0.3, -0.25) is 4.79 Å². The molecule has 34 heavy (non-hydrogen) atoms. The van der Waals surface area contributed by atoms with Crippen LogP contribution in [0.15, 0.2) is 41.8 Å². The van der Waals surface area contributed by atoms with Crippen LogP contribution in [0.2, 0.25) is 0 Å². The highest BCUT2D eigenvalue weighted by Gasteiger charge is 2.31. The van der Waals surface area contributed by atoms with Crippen molar-refractivity contribution in [3.05, 3.63) is 74.7 Å². The van der Waals surface area contributed by atoms with Crippen molar-refractivity contribution in [3.63, 3.8) is 0 Å². The molecule has 8 heteroatoms. The normalized spacial score (nSPS) is 15.1. The van der Waals surface area contributed by atoms with Crippen LogP contribution in [0.5, 0.6) is 11.5 Å². The molecule has 0 amide bonds. The van der Waals surface area contributed by atoms with Gasteiger partial charge in [0.1, 0.15) is 17.6 Å². The van der Waals surface area contributed by atoms with Crippen molar-refractivity contribution in [2.24, 2.45) is 0 Å². The van der Waals surface area contributed by atoms with E-state index < -0.39 is 18.2 Å². The predicted octanol–water partition coefficient (Wildman–Crippen LogP) is 3.92. The average molecular weight is 484 g/mol. The second-order valence-corrected chi connectivity index (χ2v) is 9.42. The van der Waals surface area contributed by atoms with Crippen molar-refractivity contribution in [1.29, 1.82) is 0 Å². The summed E-state index contributed by atoms with van der Waals surface area (Å²) in [5.74, 6) is 0.323. The lowest BCUT2D eigenvalue weighted by Crippen LogP contribution is -2.30. The highest BCUT2D eigenvalue weighted by Crippen LogP contribution is 2.35. The maximum Gasteiger partial charge on any atom is 0.309 e. The zero-order valence-electron chi connectivity index (χ0n) is 19.5. The number of carboxylic acids is 1. The fourth-order valence-corrected chi connectivity index (χ4v) is 5.28. The number of aliphatic hydroxyl groups is 1. The number of carbonyl (C=O) groups is 1. The van der Waals surface area contributed by atoms with E-state index in [1.165, 1.54) is 22.5 Å². The van der Waals surface area contributed by atoms with E-state index >= 15 is 0 Å². The smallest absolute Gasteiger partial charge is 0.309 e. The standard InChI is InChI=1S/C26H29NO6S/c1-15-21(31-2)10-18(11-22(15)32-3)26(30)23(13-24-27-19(14-34-24)12-25(28)29)33-20-8-16-6-4-5-7-17(16)9-20/h4-7,10-11,14,20,23,26,30H,8-9,12-13H2,1-3H3,(H,28,29)/t23-,26+/m0/s1. The largest absolute Gasteiger partial charge is 0.496 e. The molecule has 0 bridgehead atoms. The number of aliphatic hydroxyl groups excluding tert-OH is 1. The molecule has 2 atom stereocenters. The van der Waals surface area contributed by atoms with Crippen molar-refractivity contribution in [2.75, 3.05) is 14.2 Å². The lowest BCUT2D eigenvalue weighted by Gasteiger charge is -2.27. The number of aromatic nitrogens is 1. The molecule has 0 radical (unpaired) electrons. The minimum atomic E-state index is -0.959. The molecule has 4 rings (SSSR count). The molecule has 1 aliphatic rings. The van der Waals surface area contributed by atoms with Gasteiger partial charge in [-0.15, -0.1) is 11.3 Å². The first kappa shape index (κ1) is 24.2. The quantitative estimate of drug-likeness (QED) is 0.451.